The molecule has 3 aromatic rings. The second kappa shape index (κ2) is 10.6. The summed E-state index contributed by atoms with van der Waals surface area (Å²) >= 11 is 0. The van der Waals surface area contributed by atoms with Crippen LogP contribution in [0.2, 0.25) is 0 Å². The number of piperazine rings is 1. The van der Waals surface area contributed by atoms with E-state index in [0.717, 1.165) is 43.7 Å². The standard InChI is InChI=1S/C26H30N4O3.ClH/c1-18-2-10-22(11-3-18)29-14-16-30(17-15-29)23-12-8-20(9-13-23)25-28-27-24(33-25)19-4-6-21(7-5-19)26(31)32;/h4-9,12-13,18,22H,2-3,10-11,14-17H2,1H3,(H,31,32);1H. The zero-order valence-corrected chi connectivity index (χ0v) is 20.2. The van der Waals surface area contributed by atoms with E-state index in [9.17, 15) is 4.79 Å². The van der Waals surface area contributed by atoms with E-state index in [0.29, 0.717) is 17.3 Å². The van der Waals surface area contributed by atoms with Crippen LogP contribution in [0.5, 0.6) is 0 Å². The number of nitrogens with zero attached hydrogens (tertiary/aromatic N) is 4. The molecular formula is C26H31ClN4O3. The largest absolute Gasteiger partial charge is 0.478 e. The second-order valence-corrected chi connectivity index (χ2v) is 9.28. The van der Waals surface area contributed by atoms with Crippen LogP contribution in [0.15, 0.2) is 52.9 Å². The monoisotopic (exact) mass is 482 g/mol. The number of hydrogen-bond acceptors (Lipinski definition) is 6. The zero-order chi connectivity index (χ0) is 22.8. The van der Waals surface area contributed by atoms with Gasteiger partial charge in [-0.15, -0.1) is 22.6 Å². The van der Waals surface area contributed by atoms with Gasteiger partial charge in [0.2, 0.25) is 11.8 Å². The van der Waals surface area contributed by atoms with Crippen molar-refractivity contribution in [1.82, 2.24) is 15.1 Å². The normalized spacial score (nSPS) is 21.1. The summed E-state index contributed by atoms with van der Waals surface area (Å²) in [5.74, 6) is 0.765. The summed E-state index contributed by atoms with van der Waals surface area (Å²) in [5, 5.41) is 17.3. The number of carbonyl (C=O) groups is 1. The molecule has 180 valence electrons. The Morgan fingerprint density at radius 2 is 1.38 bits per heavy atom. The van der Waals surface area contributed by atoms with Gasteiger partial charge >= 0.3 is 5.97 Å². The molecule has 1 aliphatic heterocycles. The molecule has 0 bridgehead atoms. The fourth-order valence-corrected chi connectivity index (χ4v) is 4.98. The Bertz CT molecular complexity index is 1080. The summed E-state index contributed by atoms with van der Waals surface area (Å²) in [5.41, 5.74) is 3.01. The van der Waals surface area contributed by atoms with Crippen molar-refractivity contribution in [2.75, 3.05) is 31.1 Å². The van der Waals surface area contributed by atoms with Gasteiger partial charge in [0.1, 0.15) is 0 Å². The number of aromatic carboxylic acids is 1. The lowest BCUT2D eigenvalue weighted by atomic mass is 9.86. The third kappa shape index (κ3) is 5.26. The summed E-state index contributed by atoms with van der Waals surface area (Å²) in [6, 6.07) is 15.5. The van der Waals surface area contributed by atoms with Crippen LogP contribution in [-0.4, -0.2) is 58.4 Å². The van der Waals surface area contributed by atoms with Gasteiger partial charge < -0.3 is 14.4 Å². The van der Waals surface area contributed by atoms with E-state index in [1.807, 2.05) is 12.1 Å². The summed E-state index contributed by atoms with van der Waals surface area (Å²) in [4.78, 5) is 16.2. The number of halogens is 1. The molecule has 1 aliphatic carbocycles. The molecule has 2 aliphatic rings. The Balaban J connectivity index is 0.00000274. The molecule has 2 heterocycles. The molecule has 1 aromatic heterocycles. The van der Waals surface area contributed by atoms with Crippen LogP contribution in [0.1, 0.15) is 43.0 Å². The summed E-state index contributed by atoms with van der Waals surface area (Å²) < 4.78 is 5.84. The summed E-state index contributed by atoms with van der Waals surface area (Å²) in [7, 11) is 0. The molecule has 1 saturated heterocycles. The fraction of sp³-hybridized carbons (Fsp3) is 0.423. The van der Waals surface area contributed by atoms with E-state index < -0.39 is 5.97 Å². The van der Waals surface area contributed by atoms with Crippen molar-refractivity contribution in [3.8, 4) is 22.9 Å². The van der Waals surface area contributed by atoms with Crippen molar-refractivity contribution in [2.24, 2.45) is 5.92 Å². The molecule has 7 nitrogen and oxygen atoms in total. The number of hydrogen-bond donors (Lipinski definition) is 1. The average molecular weight is 483 g/mol. The van der Waals surface area contributed by atoms with Crippen molar-refractivity contribution < 1.29 is 14.3 Å². The first-order valence-electron chi connectivity index (χ1n) is 11.8. The van der Waals surface area contributed by atoms with E-state index in [1.54, 1.807) is 12.1 Å². The molecule has 1 saturated carbocycles. The van der Waals surface area contributed by atoms with Gasteiger partial charge in [-0.2, -0.15) is 0 Å². The molecule has 0 spiro atoms. The molecule has 1 N–H and O–H groups in total. The van der Waals surface area contributed by atoms with Gasteiger partial charge in [0.25, 0.3) is 0 Å². The highest BCUT2D eigenvalue weighted by Crippen LogP contribution is 2.29. The van der Waals surface area contributed by atoms with E-state index >= 15 is 0 Å². The van der Waals surface area contributed by atoms with E-state index in [2.05, 4.69) is 39.1 Å². The minimum atomic E-state index is -0.960. The Labute approximate surface area is 206 Å². The predicted molar refractivity (Wildman–Crippen MR) is 135 cm³/mol. The van der Waals surface area contributed by atoms with Crippen LogP contribution < -0.4 is 4.90 Å². The van der Waals surface area contributed by atoms with E-state index in [1.165, 1.54) is 43.5 Å². The Kier molecular flexibility index (Phi) is 7.54. The van der Waals surface area contributed by atoms with Crippen molar-refractivity contribution in [1.29, 1.82) is 0 Å². The van der Waals surface area contributed by atoms with E-state index in [4.69, 9.17) is 9.52 Å². The van der Waals surface area contributed by atoms with Gasteiger partial charge in [-0.1, -0.05) is 6.92 Å². The van der Waals surface area contributed by atoms with Gasteiger partial charge in [-0.3, -0.25) is 4.90 Å². The van der Waals surface area contributed by atoms with Gasteiger partial charge in [0, 0.05) is 49.0 Å². The maximum Gasteiger partial charge on any atom is 0.335 e. The van der Waals surface area contributed by atoms with Gasteiger partial charge in [-0.25, -0.2) is 4.79 Å². The number of carboxylic acids is 1. The Morgan fingerprint density at radius 3 is 1.91 bits per heavy atom. The minimum absolute atomic E-state index is 0. The van der Waals surface area contributed by atoms with E-state index in [-0.39, 0.29) is 18.0 Å². The average Bonchev–Trinajstić information content (AvgIpc) is 3.35. The molecule has 8 heteroatoms. The fourth-order valence-electron chi connectivity index (χ4n) is 4.98. The van der Waals surface area contributed by atoms with Crippen LogP contribution in [0.25, 0.3) is 22.9 Å². The first-order valence-corrected chi connectivity index (χ1v) is 11.8. The molecular weight excluding hydrogens is 452 g/mol. The van der Waals surface area contributed by atoms with Crippen molar-refractivity contribution in [2.45, 2.75) is 38.6 Å². The maximum absolute atomic E-state index is 11.0. The summed E-state index contributed by atoms with van der Waals surface area (Å²) in [6.07, 6.45) is 5.45. The zero-order valence-electron chi connectivity index (χ0n) is 19.4. The molecule has 2 fully saturated rings. The highest BCUT2D eigenvalue weighted by Gasteiger charge is 2.27. The minimum Gasteiger partial charge on any atom is -0.478 e. The number of aromatic nitrogens is 2. The molecule has 0 atom stereocenters. The highest BCUT2D eigenvalue weighted by molar-refractivity contribution is 5.88. The highest BCUT2D eigenvalue weighted by atomic mass is 35.5. The third-order valence-electron chi connectivity index (χ3n) is 7.10. The Hall–Kier alpha value is -2.90. The number of benzene rings is 2. The quantitative estimate of drug-likeness (QED) is 0.533. The van der Waals surface area contributed by atoms with Crippen LogP contribution in [-0.2, 0) is 0 Å². The van der Waals surface area contributed by atoms with Gasteiger partial charge in [0.15, 0.2) is 0 Å². The molecule has 0 unspecified atom stereocenters. The lowest BCUT2D eigenvalue weighted by Crippen LogP contribution is -2.51. The molecule has 2 aromatic carbocycles. The molecule has 0 radical (unpaired) electrons. The third-order valence-corrected chi connectivity index (χ3v) is 7.10. The smallest absolute Gasteiger partial charge is 0.335 e. The van der Waals surface area contributed by atoms with Crippen molar-refractivity contribution in [3.63, 3.8) is 0 Å². The Morgan fingerprint density at radius 1 is 0.853 bits per heavy atom. The molecule has 34 heavy (non-hydrogen) atoms. The molecule has 5 rings (SSSR count). The van der Waals surface area contributed by atoms with Gasteiger partial charge in [-0.05, 0) is 80.1 Å². The number of carboxylic acid groups (broad SMARTS) is 1. The molecule has 0 amide bonds. The van der Waals surface area contributed by atoms with Gasteiger partial charge in [0.05, 0.1) is 5.56 Å². The lowest BCUT2D eigenvalue weighted by molar-refractivity contribution is 0.0697. The summed E-state index contributed by atoms with van der Waals surface area (Å²) in [6.45, 7) is 6.76. The van der Waals surface area contributed by atoms with Crippen LogP contribution in [0, 0.1) is 5.92 Å². The predicted octanol–water partition coefficient (Wildman–Crippen LogP) is 5.22. The lowest BCUT2D eigenvalue weighted by Gasteiger charge is -2.42. The number of rotatable bonds is 5. The van der Waals surface area contributed by atoms with Crippen molar-refractivity contribution in [3.05, 3.63) is 54.1 Å². The van der Waals surface area contributed by atoms with Crippen LogP contribution >= 0.6 is 12.4 Å². The first kappa shape index (κ1) is 24.2. The first-order chi connectivity index (χ1) is 16.1. The van der Waals surface area contributed by atoms with Crippen LogP contribution in [0.3, 0.4) is 0 Å². The SMILES string of the molecule is CC1CCC(N2CCN(c3ccc(-c4nnc(-c5ccc(C(=O)O)cc5)o4)cc3)CC2)CC1.Cl. The number of anilines is 1. The van der Waals surface area contributed by atoms with Crippen molar-refractivity contribution >= 4 is 24.1 Å². The maximum atomic E-state index is 11.0. The van der Waals surface area contributed by atoms with Crippen LogP contribution in [0.4, 0.5) is 5.69 Å². The second-order valence-electron chi connectivity index (χ2n) is 9.28. The topological polar surface area (TPSA) is 82.7 Å².